The summed E-state index contributed by atoms with van der Waals surface area (Å²) < 4.78 is 0. The second kappa shape index (κ2) is 23.7. The summed E-state index contributed by atoms with van der Waals surface area (Å²) in [5.74, 6) is -6.32. The van der Waals surface area contributed by atoms with Crippen LogP contribution in [0.4, 0.5) is 0 Å². The molecule has 22 nitrogen and oxygen atoms in total. The average molecular weight is 893 g/mol. The number of aliphatic hydroxyl groups excluding tert-OH is 2. The summed E-state index contributed by atoms with van der Waals surface area (Å²) in [6.45, 7) is 4.84. The smallest absolute Gasteiger partial charge is 0.328 e. The van der Waals surface area contributed by atoms with Crippen LogP contribution in [0.25, 0.3) is 0 Å². The van der Waals surface area contributed by atoms with E-state index in [0.717, 1.165) is 0 Å². The van der Waals surface area contributed by atoms with E-state index in [9.17, 15) is 58.5 Å². The number of rotatable bonds is 21. The monoisotopic (exact) mass is 893 g/mol. The number of nitrogens with zero attached hydrogens (tertiary/aromatic N) is 4. The minimum atomic E-state index is -1.57. The first-order valence-corrected chi connectivity index (χ1v) is 22.3. The fourth-order valence-electron chi connectivity index (χ4n) is 8.91. The van der Waals surface area contributed by atoms with Crippen molar-refractivity contribution in [3.05, 3.63) is 0 Å². The molecule has 0 radical (unpaired) electrons. The number of nitrogens with two attached hydrogens (primary N) is 2. The predicted molar refractivity (Wildman–Crippen MR) is 224 cm³/mol. The first-order valence-electron chi connectivity index (χ1n) is 22.3. The van der Waals surface area contributed by atoms with Crippen LogP contribution in [0.5, 0.6) is 0 Å². The molecule has 4 aliphatic rings. The third-order valence-electron chi connectivity index (χ3n) is 12.3. The summed E-state index contributed by atoms with van der Waals surface area (Å²) >= 11 is 0. The third-order valence-corrected chi connectivity index (χ3v) is 12.3. The average Bonchev–Trinajstić information content (AvgIpc) is 4.10. The number of carbonyl (C=O) groups excluding carboxylic acids is 8. The summed E-state index contributed by atoms with van der Waals surface area (Å²) in [7, 11) is 0. The lowest BCUT2D eigenvalue weighted by Crippen LogP contribution is -2.60. The topological polar surface area (TPSA) is 327 Å². The number of amides is 8. The molecule has 4 rings (SSSR count). The van der Waals surface area contributed by atoms with Gasteiger partial charge < -0.3 is 67.7 Å². The second-order valence-electron chi connectivity index (χ2n) is 17.4. The standard InChI is InChI=1S/C41H68N10O12/c1-23(2)20-26(38(59)48-16-6-11-29(48)36(57)47-28(22-53)41(62)63)45-34(55)27(21-52)46-35(56)30-12-7-17-49(30)39(60)32-14-9-19-51(32)40(61)31-13-8-18-50(31)37(58)24(3)44-33(54)25(43)10-4-5-15-42/h23-32,52-53H,4-22,42-43H2,1-3H3,(H,44,54)(H,45,55)(H,46,56)(H,47,57)(H,62,63). The van der Waals surface area contributed by atoms with Gasteiger partial charge in [0.1, 0.15) is 48.3 Å². The Morgan fingerprint density at radius 1 is 0.587 bits per heavy atom. The number of carboxylic acids is 1. The van der Waals surface area contributed by atoms with Gasteiger partial charge in [0.2, 0.25) is 47.3 Å². The fourth-order valence-corrected chi connectivity index (χ4v) is 8.91. The Labute approximate surface area is 367 Å². The Kier molecular flexibility index (Phi) is 19.1. The highest BCUT2D eigenvalue weighted by Gasteiger charge is 2.47. The Balaban J connectivity index is 1.38. The predicted octanol–water partition coefficient (Wildman–Crippen LogP) is -3.52. The van der Waals surface area contributed by atoms with Crippen molar-refractivity contribution in [2.24, 2.45) is 17.4 Å². The van der Waals surface area contributed by atoms with Gasteiger partial charge in [-0.05, 0) is 90.0 Å². The molecule has 11 N–H and O–H groups in total. The van der Waals surface area contributed by atoms with E-state index in [4.69, 9.17) is 11.5 Å². The van der Waals surface area contributed by atoms with Crippen LogP contribution in [0.1, 0.15) is 97.8 Å². The highest BCUT2D eigenvalue weighted by atomic mass is 16.4. The van der Waals surface area contributed by atoms with Gasteiger partial charge >= 0.3 is 5.97 Å². The maximum atomic E-state index is 14.2. The molecule has 0 saturated carbocycles. The number of likely N-dealkylation sites (tertiary alicyclic amines) is 4. The first kappa shape index (κ1) is 50.7. The Morgan fingerprint density at radius 2 is 1.05 bits per heavy atom. The van der Waals surface area contributed by atoms with Crippen LogP contribution in [0.2, 0.25) is 0 Å². The van der Waals surface area contributed by atoms with Crippen molar-refractivity contribution in [3.8, 4) is 0 Å². The normalized spacial score (nSPS) is 23.5. The van der Waals surface area contributed by atoms with Gasteiger partial charge in [0.15, 0.2) is 0 Å². The molecule has 8 amide bonds. The number of carbonyl (C=O) groups is 9. The molecule has 4 saturated heterocycles. The maximum absolute atomic E-state index is 14.2. The second-order valence-corrected chi connectivity index (χ2v) is 17.4. The molecule has 4 aliphatic heterocycles. The Morgan fingerprint density at radius 3 is 1.56 bits per heavy atom. The number of nitrogens with one attached hydrogen (secondary N) is 4. The van der Waals surface area contributed by atoms with Gasteiger partial charge in [0.05, 0.1) is 19.3 Å². The largest absolute Gasteiger partial charge is 0.480 e. The van der Waals surface area contributed by atoms with E-state index in [1.807, 2.05) is 13.8 Å². The minimum Gasteiger partial charge on any atom is -0.480 e. The number of hydrogen-bond donors (Lipinski definition) is 9. The molecule has 9 unspecified atom stereocenters. The van der Waals surface area contributed by atoms with E-state index in [0.29, 0.717) is 70.9 Å². The van der Waals surface area contributed by atoms with Crippen molar-refractivity contribution in [1.29, 1.82) is 0 Å². The third kappa shape index (κ3) is 12.8. The highest BCUT2D eigenvalue weighted by molar-refractivity contribution is 5.98. The molecule has 9 atom stereocenters. The number of hydrogen-bond acceptors (Lipinski definition) is 13. The molecule has 0 aromatic rings. The van der Waals surface area contributed by atoms with Crippen LogP contribution in [-0.4, -0.2) is 188 Å². The van der Waals surface area contributed by atoms with Crippen molar-refractivity contribution in [2.75, 3.05) is 45.9 Å². The molecular formula is C41H68N10O12. The molecule has 0 aromatic heterocycles. The van der Waals surface area contributed by atoms with Gasteiger partial charge in [-0.2, -0.15) is 0 Å². The summed E-state index contributed by atoms with van der Waals surface area (Å²) in [6, 6.07) is -9.85. The minimum absolute atomic E-state index is 0.128. The SMILES string of the molecule is CC(C)CC(NC(=O)C(CO)NC(=O)C1CCCN1C(=O)C1CCCN1C(=O)C1CCCN1C(=O)C(C)NC(=O)C(N)CCCCN)C(=O)N1CCCC1C(=O)NC(CO)C(=O)O. The van der Waals surface area contributed by atoms with Gasteiger partial charge in [-0.15, -0.1) is 0 Å². The molecule has 0 bridgehead atoms. The number of aliphatic carboxylic acids is 1. The quantitative estimate of drug-likeness (QED) is 0.0505. The molecule has 22 heteroatoms. The summed E-state index contributed by atoms with van der Waals surface area (Å²) in [5, 5.41) is 38.9. The lowest BCUT2D eigenvalue weighted by atomic mass is 10.0. The van der Waals surface area contributed by atoms with E-state index in [2.05, 4.69) is 21.3 Å². The molecule has 0 aliphatic carbocycles. The van der Waals surface area contributed by atoms with Crippen LogP contribution in [0, 0.1) is 5.92 Å². The molecule has 354 valence electrons. The molecule has 0 spiro atoms. The zero-order valence-electron chi connectivity index (χ0n) is 36.7. The number of unbranched alkanes of at least 4 members (excludes halogenated alkanes) is 1. The first-order chi connectivity index (χ1) is 29.9. The van der Waals surface area contributed by atoms with Crippen LogP contribution in [0.15, 0.2) is 0 Å². The van der Waals surface area contributed by atoms with Crippen molar-refractivity contribution < 1.29 is 58.5 Å². The lowest BCUT2D eigenvalue weighted by molar-refractivity contribution is -0.151. The van der Waals surface area contributed by atoms with Gasteiger partial charge in [0, 0.05) is 26.2 Å². The van der Waals surface area contributed by atoms with Gasteiger partial charge in [-0.1, -0.05) is 20.3 Å². The maximum Gasteiger partial charge on any atom is 0.328 e. The van der Waals surface area contributed by atoms with E-state index in [1.165, 1.54) is 26.5 Å². The van der Waals surface area contributed by atoms with Crippen LogP contribution in [0.3, 0.4) is 0 Å². The zero-order valence-corrected chi connectivity index (χ0v) is 36.7. The van der Waals surface area contributed by atoms with Crippen LogP contribution < -0.4 is 32.7 Å². The van der Waals surface area contributed by atoms with Crippen LogP contribution in [-0.2, 0) is 43.2 Å². The zero-order chi connectivity index (χ0) is 46.5. The van der Waals surface area contributed by atoms with E-state index >= 15 is 0 Å². The van der Waals surface area contributed by atoms with Gasteiger partial charge in [0.25, 0.3) is 0 Å². The van der Waals surface area contributed by atoms with E-state index < -0.39 is 121 Å². The van der Waals surface area contributed by atoms with Crippen molar-refractivity contribution >= 4 is 53.2 Å². The van der Waals surface area contributed by atoms with Gasteiger partial charge in [-0.25, -0.2) is 4.79 Å². The molecular weight excluding hydrogens is 825 g/mol. The van der Waals surface area contributed by atoms with Crippen molar-refractivity contribution in [3.63, 3.8) is 0 Å². The highest BCUT2D eigenvalue weighted by Crippen LogP contribution is 2.29. The van der Waals surface area contributed by atoms with E-state index in [1.54, 1.807) is 0 Å². The van der Waals surface area contributed by atoms with Crippen molar-refractivity contribution in [2.45, 2.75) is 152 Å². The summed E-state index contributed by atoms with van der Waals surface area (Å²) in [4.78, 5) is 126. The Hall–Kier alpha value is -4.93. The molecule has 0 aromatic carbocycles. The van der Waals surface area contributed by atoms with Crippen LogP contribution >= 0.6 is 0 Å². The van der Waals surface area contributed by atoms with Gasteiger partial charge in [-0.3, -0.25) is 38.4 Å². The Bertz CT molecular complexity index is 1680. The number of carboxylic acid groups (broad SMARTS) is 1. The summed E-state index contributed by atoms with van der Waals surface area (Å²) in [6.07, 6.45) is 5.03. The lowest BCUT2D eigenvalue weighted by Gasteiger charge is -2.35. The van der Waals surface area contributed by atoms with Crippen molar-refractivity contribution in [1.82, 2.24) is 40.9 Å². The number of aliphatic hydroxyl groups is 2. The molecule has 4 heterocycles. The molecule has 4 fully saturated rings. The molecule has 63 heavy (non-hydrogen) atoms. The fraction of sp³-hybridized carbons (Fsp3) is 0.780. The summed E-state index contributed by atoms with van der Waals surface area (Å²) in [5.41, 5.74) is 11.5. The van der Waals surface area contributed by atoms with E-state index in [-0.39, 0.29) is 44.8 Å².